The van der Waals surface area contributed by atoms with Gasteiger partial charge in [0.15, 0.2) is 52.4 Å². The third-order valence-electron chi connectivity index (χ3n) is 30.0. The van der Waals surface area contributed by atoms with Crippen LogP contribution in [0.15, 0.2) is 459 Å². The lowest BCUT2D eigenvalue weighted by molar-refractivity contribution is 0.666. The van der Waals surface area contributed by atoms with E-state index in [0.717, 1.165) is 88.3 Å². The molecule has 0 spiro atoms. The number of hydrogen-bond donors (Lipinski definition) is 0. The van der Waals surface area contributed by atoms with Gasteiger partial charge in [-0.05, 0) is 190 Å². The van der Waals surface area contributed by atoms with Crippen LogP contribution in [0.2, 0.25) is 0 Å². The first-order chi connectivity index (χ1) is 71.9. The fraction of sp³-hybridized carbons (Fsp3) is 0.0444. The predicted molar refractivity (Wildman–Crippen MR) is 607 cm³/mol. The second-order valence-corrected chi connectivity index (χ2v) is 40.2. The van der Waals surface area contributed by atoms with Gasteiger partial charge in [0.05, 0.1) is 0 Å². The van der Waals surface area contributed by atoms with E-state index in [-0.39, 0.29) is 10.8 Å². The van der Waals surface area contributed by atoms with E-state index in [2.05, 4.69) is 343 Å². The second-order valence-electron chi connectivity index (χ2n) is 39.2. The first kappa shape index (κ1) is 85.4. The van der Waals surface area contributed by atoms with E-state index in [1.54, 1.807) is 0 Å². The zero-order valence-electron chi connectivity index (χ0n) is 80.1. The minimum atomic E-state index is -0.0900. The van der Waals surface area contributed by atoms with Gasteiger partial charge in [0.2, 0.25) is 0 Å². The number of furan rings is 1. The van der Waals surface area contributed by atoms with Gasteiger partial charge in [-0.15, -0.1) is 11.3 Å². The van der Waals surface area contributed by atoms with Crippen LogP contribution in [-0.4, -0.2) is 44.9 Å². The molecule has 23 aromatic carbocycles. The molecule has 11 heteroatoms. The fourth-order valence-electron chi connectivity index (χ4n) is 23.2. The van der Waals surface area contributed by atoms with E-state index >= 15 is 0 Å². The number of nitrogens with zero attached hydrogens (tertiary/aromatic N) is 9. The Hall–Kier alpha value is -18.6. The minimum Gasteiger partial charge on any atom is -0.456 e. The maximum atomic E-state index is 6.23. The summed E-state index contributed by atoms with van der Waals surface area (Å²) < 4.78 is 8.89. The summed E-state index contributed by atoms with van der Waals surface area (Å²) in [6, 6.07) is 161. The fourth-order valence-corrected chi connectivity index (χ4v) is 24.5. The second kappa shape index (κ2) is 34.1. The van der Waals surface area contributed by atoms with E-state index in [4.69, 9.17) is 49.3 Å². The van der Waals surface area contributed by atoms with Crippen LogP contribution in [0.5, 0.6) is 0 Å². The SMILES string of the molecule is CC1(C)c2ccccc2-c2c1c1ccccc1c1c2ccc2cc(-c3nc(-c4ccccc4)nc(-c4ccc(-c5ccccc5)cc4)n3)ccc21.CC1(C)c2ccccc2-c2c1c1ccccc1c1c2ccc2cc(-c3nc(-c4ccccc4)nc(-c4ccccc4)n3)ccc21.c1ccc(-c2nc(-c3ccc4c(ccc5c4c4ccccc4c4sc6ccccc6c54)c3)nc(-c3ccc4c(c3)oc3ccccc34)n2)cc1. The molecule has 0 radical (unpaired) electrons. The van der Waals surface area contributed by atoms with Gasteiger partial charge >= 0.3 is 0 Å². The summed E-state index contributed by atoms with van der Waals surface area (Å²) in [7, 11) is 0. The van der Waals surface area contributed by atoms with Gasteiger partial charge in [0.1, 0.15) is 11.2 Å². The monoisotopic (exact) mass is 1880 g/mol. The van der Waals surface area contributed by atoms with Crippen molar-refractivity contribution in [3.63, 3.8) is 0 Å². The van der Waals surface area contributed by atoms with Gasteiger partial charge in [-0.2, -0.15) is 0 Å². The normalized spacial score (nSPS) is 12.8. The van der Waals surface area contributed by atoms with Gasteiger partial charge in [-0.25, -0.2) is 44.9 Å². The Balaban J connectivity index is 0.000000106. The Bertz CT molecular complexity index is 10200. The number of aromatic nitrogens is 9. The molecule has 0 aliphatic heterocycles. The van der Waals surface area contributed by atoms with Crippen molar-refractivity contribution >= 4 is 150 Å². The topological polar surface area (TPSA) is 129 Å². The molecule has 0 atom stereocenters. The lowest BCUT2D eigenvalue weighted by atomic mass is 9.79. The van der Waals surface area contributed by atoms with Crippen LogP contribution < -0.4 is 0 Å². The highest BCUT2D eigenvalue weighted by Gasteiger charge is 2.41. The number of benzene rings is 23. The van der Waals surface area contributed by atoms with Gasteiger partial charge < -0.3 is 4.42 Å². The highest BCUT2D eigenvalue weighted by atomic mass is 32.1. The molecule has 2 aliphatic rings. The van der Waals surface area contributed by atoms with Gasteiger partial charge in [0, 0.05) is 97.2 Å². The average Bonchev–Trinajstić information content (AvgIpc) is 1.53. The van der Waals surface area contributed by atoms with Crippen molar-refractivity contribution in [3.05, 3.63) is 477 Å². The molecule has 28 aromatic rings. The quantitative estimate of drug-likeness (QED) is 0.122. The van der Waals surface area contributed by atoms with Gasteiger partial charge in [-0.3, -0.25) is 0 Å². The smallest absolute Gasteiger partial charge is 0.164 e. The molecule has 0 amide bonds. The van der Waals surface area contributed by atoms with Crippen molar-refractivity contribution in [2.45, 2.75) is 38.5 Å². The first-order valence-corrected chi connectivity index (χ1v) is 50.5. The van der Waals surface area contributed by atoms with E-state index in [1.807, 2.05) is 151 Å². The summed E-state index contributed by atoms with van der Waals surface area (Å²) in [5, 5.41) is 27.5. The Morgan fingerprint density at radius 2 is 0.459 bits per heavy atom. The number of para-hydroxylation sites is 1. The minimum absolute atomic E-state index is 0.0792. The van der Waals surface area contributed by atoms with E-state index in [1.165, 1.54) is 156 Å². The molecule has 5 aromatic heterocycles. The molecule has 2 aliphatic carbocycles. The zero-order chi connectivity index (χ0) is 97.0. The molecule has 0 bridgehead atoms. The van der Waals surface area contributed by atoms with Gasteiger partial charge in [-0.1, -0.05) is 440 Å². The third-order valence-corrected chi connectivity index (χ3v) is 31.2. The molecule has 146 heavy (non-hydrogen) atoms. The van der Waals surface area contributed by atoms with Crippen molar-refractivity contribution in [2.24, 2.45) is 0 Å². The molecule has 0 saturated carbocycles. The molecular weight excluding hydrogens is 1800 g/mol. The van der Waals surface area contributed by atoms with E-state index < -0.39 is 0 Å². The summed E-state index contributed by atoms with van der Waals surface area (Å²) in [6.07, 6.45) is 0. The van der Waals surface area contributed by atoms with Crippen LogP contribution in [0.3, 0.4) is 0 Å². The number of rotatable bonds is 10. The molecule has 0 saturated heterocycles. The van der Waals surface area contributed by atoms with Crippen LogP contribution >= 0.6 is 11.3 Å². The maximum absolute atomic E-state index is 6.23. The van der Waals surface area contributed by atoms with E-state index in [0.29, 0.717) is 52.4 Å². The molecular formula is C135H87N9OS. The summed E-state index contributed by atoms with van der Waals surface area (Å²) in [6.45, 7) is 9.47. The van der Waals surface area contributed by atoms with Crippen LogP contribution in [0, 0.1) is 0 Å². The number of thiophene rings is 1. The van der Waals surface area contributed by atoms with Crippen molar-refractivity contribution in [3.8, 4) is 136 Å². The average molecular weight is 1880 g/mol. The summed E-state index contributed by atoms with van der Waals surface area (Å²) in [5.74, 6) is 5.83. The van der Waals surface area contributed by atoms with Crippen molar-refractivity contribution < 1.29 is 4.42 Å². The van der Waals surface area contributed by atoms with E-state index in [9.17, 15) is 0 Å². The predicted octanol–water partition coefficient (Wildman–Crippen LogP) is 35.5. The summed E-state index contributed by atoms with van der Waals surface area (Å²) in [5.41, 5.74) is 23.4. The molecule has 0 unspecified atom stereocenters. The molecule has 30 rings (SSSR count). The molecule has 0 fully saturated rings. The van der Waals surface area contributed by atoms with Crippen LogP contribution in [-0.2, 0) is 10.8 Å². The molecule has 5 heterocycles. The Labute approximate surface area is 845 Å². The van der Waals surface area contributed by atoms with Crippen molar-refractivity contribution in [1.29, 1.82) is 0 Å². The van der Waals surface area contributed by atoms with Gasteiger partial charge in [0.25, 0.3) is 0 Å². The largest absolute Gasteiger partial charge is 0.456 e. The summed E-state index contributed by atoms with van der Waals surface area (Å²) in [4.78, 5) is 45.1. The highest BCUT2D eigenvalue weighted by molar-refractivity contribution is 7.27. The standard InChI is InChI=1S/C48H33N3.C45H25N3OS.C42H29N3/c1-48(2)41-20-12-11-19-39(41)43-40-28-25-34-29-35(26-27-36(34)42(40)37-17-9-10-18-38(37)44(43)48)47-50-45(32-15-7-4-8-16-32)49-46(51-47)33-23-21-31(22-24-33)30-13-5-3-6-14-30;1-2-10-26(11-3-1)43-46-44(48-45(47-43)29-20-22-32-31-12-6-8-16-37(31)49-38(32)25-29)28-19-21-30-27(24-28)18-23-36-40(30)33-13-4-5-14-34(33)42-41(36)35-15-7-9-17-39(35)50-42;1-42(2)35-20-12-11-19-33(35)37-34-24-21-28-25-29(22-23-30(28)36(34)31-17-9-10-18-32(31)38(37)42)41-44-39(26-13-5-3-6-14-26)43-40(45-41)27-15-7-4-8-16-27/h3-29H,1-2H3;1-25H;3-25H,1-2H3. The van der Waals surface area contributed by atoms with Crippen LogP contribution in [0.4, 0.5) is 0 Å². The Morgan fingerprint density at radius 3 is 0.884 bits per heavy atom. The molecule has 10 nitrogen and oxygen atoms in total. The van der Waals surface area contributed by atoms with Crippen LogP contribution in [0.25, 0.3) is 275 Å². The van der Waals surface area contributed by atoms with Crippen molar-refractivity contribution in [1.82, 2.24) is 44.9 Å². The number of fused-ring (bicyclic) bond motifs is 33. The lowest BCUT2D eigenvalue weighted by Gasteiger charge is -2.24. The maximum Gasteiger partial charge on any atom is 0.164 e. The lowest BCUT2D eigenvalue weighted by Crippen LogP contribution is -2.15. The number of hydrogen-bond acceptors (Lipinski definition) is 11. The molecule has 684 valence electrons. The third kappa shape index (κ3) is 14.1. The Kier molecular flexibility index (Phi) is 20.0. The Morgan fingerprint density at radius 1 is 0.185 bits per heavy atom. The van der Waals surface area contributed by atoms with Crippen LogP contribution in [0.1, 0.15) is 49.9 Å². The first-order valence-electron chi connectivity index (χ1n) is 49.7. The highest BCUT2D eigenvalue weighted by Crippen LogP contribution is 2.58. The summed E-state index contributed by atoms with van der Waals surface area (Å²) >= 11 is 1.88. The zero-order valence-corrected chi connectivity index (χ0v) is 81.0. The molecule has 0 N–H and O–H groups in total. The van der Waals surface area contributed by atoms with Crippen molar-refractivity contribution in [2.75, 3.05) is 0 Å².